The minimum Gasteiger partial charge on any atom is -0.340 e. The average molecular weight is 289 g/mol. The van der Waals surface area contributed by atoms with Crippen LogP contribution in [0.2, 0.25) is 0 Å². The normalized spacial score (nSPS) is 30.5. The largest absolute Gasteiger partial charge is 0.340 e. The van der Waals surface area contributed by atoms with Crippen molar-refractivity contribution in [2.45, 2.75) is 57.9 Å². The Morgan fingerprint density at radius 3 is 2.48 bits per heavy atom. The number of nitrogens with zero attached hydrogens (tertiary/aromatic N) is 3. The van der Waals surface area contributed by atoms with Gasteiger partial charge >= 0.3 is 0 Å². The molecule has 1 amide bonds. The summed E-state index contributed by atoms with van der Waals surface area (Å²) in [5.41, 5.74) is -0.716. The lowest BCUT2D eigenvalue weighted by atomic mass is 9.74. The van der Waals surface area contributed by atoms with Crippen LogP contribution in [0.4, 0.5) is 0 Å². The van der Waals surface area contributed by atoms with Crippen LogP contribution in [0.5, 0.6) is 0 Å². The smallest absolute Gasteiger partial charge is 0.243 e. The van der Waals surface area contributed by atoms with E-state index in [9.17, 15) is 10.1 Å². The first-order valence-corrected chi connectivity index (χ1v) is 8.59. The van der Waals surface area contributed by atoms with Crippen molar-refractivity contribution in [2.24, 2.45) is 11.3 Å². The second-order valence-corrected chi connectivity index (χ2v) is 7.34. The summed E-state index contributed by atoms with van der Waals surface area (Å²) >= 11 is 0. The summed E-state index contributed by atoms with van der Waals surface area (Å²) in [4.78, 5) is 17.5. The van der Waals surface area contributed by atoms with E-state index < -0.39 is 5.41 Å². The molecule has 0 radical (unpaired) electrons. The Bertz CT molecular complexity index is 432. The van der Waals surface area contributed by atoms with E-state index in [1.807, 2.05) is 4.90 Å². The van der Waals surface area contributed by atoms with Gasteiger partial charge < -0.3 is 4.90 Å². The molecule has 0 aromatic carbocycles. The van der Waals surface area contributed by atoms with Gasteiger partial charge in [-0.05, 0) is 31.6 Å². The predicted octanol–water partition coefficient (Wildman–Crippen LogP) is 2.40. The molecule has 116 valence electrons. The van der Waals surface area contributed by atoms with Gasteiger partial charge in [0.05, 0.1) is 6.07 Å². The van der Waals surface area contributed by atoms with Gasteiger partial charge in [0.15, 0.2) is 0 Å². The van der Waals surface area contributed by atoms with Crippen molar-refractivity contribution < 1.29 is 4.79 Å². The van der Waals surface area contributed by atoms with Crippen molar-refractivity contribution >= 4 is 5.91 Å². The SMILES string of the molecule is C[C@H]1CN(C(=O)C2(C#N)CCCCC2)CCN(C2CC2)C1. The summed E-state index contributed by atoms with van der Waals surface area (Å²) in [5.74, 6) is 0.630. The lowest BCUT2D eigenvalue weighted by Gasteiger charge is -2.35. The number of amides is 1. The standard InChI is InChI=1S/C17H27N3O/c1-14-11-19(15-5-6-15)9-10-20(12-14)16(21)17(13-18)7-3-2-4-8-17/h14-15H,2-12H2,1H3/t14-/m1/s1. The van der Waals surface area contributed by atoms with Crippen LogP contribution in [0.3, 0.4) is 0 Å². The molecule has 0 unspecified atom stereocenters. The van der Waals surface area contributed by atoms with Crippen molar-refractivity contribution in [1.29, 1.82) is 5.26 Å². The molecule has 3 aliphatic rings. The van der Waals surface area contributed by atoms with Crippen LogP contribution >= 0.6 is 0 Å². The maximum atomic E-state index is 13.0. The van der Waals surface area contributed by atoms with E-state index in [0.29, 0.717) is 5.92 Å². The third kappa shape index (κ3) is 3.08. The van der Waals surface area contributed by atoms with Crippen molar-refractivity contribution in [3.63, 3.8) is 0 Å². The molecule has 2 saturated carbocycles. The number of hydrogen-bond donors (Lipinski definition) is 0. The molecule has 4 heteroatoms. The van der Waals surface area contributed by atoms with Crippen molar-refractivity contribution in [1.82, 2.24) is 9.80 Å². The molecule has 1 heterocycles. The Hall–Kier alpha value is -1.08. The van der Waals surface area contributed by atoms with Crippen LogP contribution in [-0.4, -0.2) is 47.9 Å². The second-order valence-electron chi connectivity index (χ2n) is 7.34. The second kappa shape index (κ2) is 5.96. The first-order chi connectivity index (χ1) is 10.1. The van der Waals surface area contributed by atoms with Gasteiger partial charge in [0, 0.05) is 32.2 Å². The summed E-state index contributed by atoms with van der Waals surface area (Å²) < 4.78 is 0. The number of nitriles is 1. The fourth-order valence-corrected chi connectivity index (χ4v) is 4.05. The van der Waals surface area contributed by atoms with Gasteiger partial charge in [-0.15, -0.1) is 0 Å². The van der Waals surface area contributed by atoms with E-state index in [1.165, 1.54) is 19.3 Å². The zero-order chi connectivity index (χ0) is 14.9. The summed E-state index contributed by atoms with van der Waals surface area (Å²) in [6.07, 6.45) is 7.39. The highest BCUT2D eigenvalue weighted by molar-refractivity contribution is 5.85. The van der Waals surface area contributed by atoms with Gasteiger partial charge in [-0.3, -0.25) is 9.69 Å². The molecule has 0 aromatic heterocycles. The minimum atomic E-state index is -0.716. The van der Waals surface area contributed by atoms with E-state index in [0.717, 1.165) is 57.9 Å². The van der Waals surface area contributed by atoms with Crippen LogP contribution in [0.25, 0.3) is 0 Å². The Labute approximate surface area is 128 Å². The maximum absolute atomic E-state index is 13.0. The molecule has 1 atom stereocenters. The van der Waals surface area contributed by atoms with Gasteiger partial charge in [-0.1, -0.05) is 26.2 Å². The maximum Gasteiger partial charge on any atom is 0.243 e. The fraction of sp³-hybridized carbons (Fsp3) is 0.882. The van der Waals surface area contributed by atoms with Crippen LogP contribution in [0, 0.1) is 22.7 Å². The van der Waals surface area contributed by atoms with Gasteiger partial charge in [-0.25, -0.2) is 0 Å². The van der Waals surface area contributed by atoms with E-state index in [-0.39, 0.29) is 5.91 Å². The molecule has 0 spiro atoms. The molecule has 1 aliphatic heterocycles. The monoisotopic (exact) mass is 289 g/mol. The van der Waals surface area contributed by atoms with Crippen LogP contribution in [0.1, 0.15) is 51.9 Å². The van der Waals surface area contributed by atoms with Crippen molar-refractivity contribution in [2.75, 3.05) is 26.2 Å². The van der Waals surface area contributed by atoms with Gasteiger partial charge in [-0.2, -0.15) is 5.26 Å². The van der Waals surface area contributed by atoms with Crippen molar-refractivity contribution in [3.8, 4) is 6.07 Å². The highest BCUT2D eigenvalue weighted by Crippen LogP contribution is 2.38. The Kier molecular flexibility index (Phi) is 4.21. The molecule has 0 bridgehead atoms. The van der Waals surface area contributed by atoms with Gasteiger partial charge in [0.1, 0.15) is 5.41 Å². The third-order valence-corrected chi connectivity index (χ3v) is 5.42. The van der Waals surface area contributed by atoms with Crippen LogP contribution in [0.15, 0.2) is 0 Å². The van der Waals surface area contributed by atoms with Gasteiger partial charge in [0.25, 0.3) is 0 Å². The van der Waals surface area contributed by atoms with E-state index >= 15 is 0 Å². The molecular weight excluding hydrogens is 262 g/mol. The molecule has 4 nitrogen and oxygen atoms in total. The molecular formula is C17H27N3O. The molecule has 2 aliphatic carbocycles. The zero-order valence-electron chi connectivity index (χ0n) is 13.2. The number of carbonyl (C=O) groups excluding carboxylic acids is 1. The fourth-order valence-electron chi connectivity index (χ4n) is 4.05. The number of carbonyl (C=O) groups is 1. The predicted molar refractivity (Wildman–Crippen MR) is 81.5 cm³/mol. The topological polar surface area (TPSA) is 47.3 Å². The Morgan fingerprint density at radius 2 is 1.86 bits per heavy atom. The highest BCUT2D eigenvalue weighted by Gasteiger charge is 2.43. The summed E-state index contributed by atoms with van der Waals surface area (Å²) in [5, 5.41) is 9.62. The van der Waals surface area contributed by atoms with Crippen LogP contribution in [-0.2, 0) is 4.79 Å². The molecule has 21 heavy (non-hydrogen) atoms. The quantitative estimate of drug-likeness (QED) is 0.784. The Balaban J connectivity index is 1.69. The van der Waals surface area contributed by atoms with Crippen molar-refractivity contribution in [3.05, 3.63) is 0 Å². The highest BCUT2D eigenvalue weighted by atomic mass is 16.2. The van der Waals surface area contributed by atoms with E-state index in [1.54, 1.807) is 0 Å². The average Bonchev–Trinajstić information content (AvgIpc) is 3.34. The van der Waals surface area contributed by atoms with E-state index in [2.05, 4.69) is 17.9 Å². The van der Waals surface area contributed by atoms with Crippen LogP contribution < -0.4 is 0 Å². The third-order valence-electron chi connectivity index (χ3n) is 5.42. The number of rotatable bonds is 2. The molecule has 0 N–H and O–H groups in total. The molecule has 1 saturated heterocycles. The van der Waals surface area contributed by atoms with E-state index in [4.69, 9.17) is 0 Å². The molecule has 0 aromatic rings. The zero-order valence-corrected chi connectivity index (χ0v) is 13.2. The van der Waals surface area contributed by atoms with Gasteiger partial charge in [0.2, 0.25) is 5.91 Å². The number of hydrogen-bond acceptors (Lipinski definition) is 3. The summed E-state index contributed by atoms with van der Waals surface area (Å²) in [7, 11) is 0. The lowest BCUT2D eigenvalue weighted by Crippen LogP contribution is -2.46. The minimum absolute atomic E-state index is 0.120. The Morgan fingerprint density at radius 1 is 1.14 bits per heavy atom. The summed E-state index contributed by atoms with van der Waals surface area (Å²) in [6, 6.07) is 3.16. The lowest BCUT2D eigenvalue weighted by molar-refractivity contribution is -0.140. The summed E-state index contributed by atoms with van der Waals surface area (Å²) in [6.45, 7) is 5.96. The molecule has 3 fully saturated rings. The first-order valence-electron chi connectivity index (χ1n) is 8.59. The molecule has 3 rings (SSSR count). The first kappa shape index (κ1) is 14.8.